The Hall–Kier alpha value is -0.870. The highest BCUT2D eigenvalue weighted by molar-refractivity contribution is 5.66. The Morgan fingerprint density at radius 3 is 1.65 bits per heavy atom. The van der Waals surface area contributed by atoms with Crippen molar-refractivity contribution in [2.75, 3.05) is 6.61 Å². The number of allylic oxidation sites excluding steroid dienone is 1. The zero-order valence-corrected chi connectivity index (χ0v) is 23.0. The first kappa shape index (κ1) is 35.3. The zero-order chi connectivity index (χ0) is 25.5. The molecule has 0 radical (unpaired) electrons. The predicted molar refractivity (Wildman–Crippen MR) is 147 cm³/mol. The van der Waals surface area contributed by atoms with Gasteiger partial charge in [-0.15, -0.1) is 0 Å². The van der Waals surface area contributed by atoms with Crippen LogP contribution in [0.4, 0.5) is 0 Å². The van der Waals surface area contributed by atoms with Crippen molar-refractivity contribution in [2.45, 2.75) is 168 Å². The Morgan fingerprint density at radius 2 is 1.12 bits per heavy atom. The number of hydrogen-bond acceptors (Lipinski definition) is 3. The molecule has 3 N–H and O–H groups in total. The van der Waals surface area contributed by atoms with E-state index in [0.29, 0.717) is 13.0 Å². The molecule has 0 bridgehead atoms. The third-order valence-electron chi connectivity index (χ3n) is 6.24. The topological polar surface area (TPSA) is 77.8 Å². The molecule has 0 aromatic carbocycles. The van der Waals surface area contributed by atoms with Gasteiger partial charge in [-0.25, -0.2) is 0 Å². The average Bonchev–Trinajstić information content (AvgIpc) is 2.82. The SMILES string of the molecule is CCCCCCCCCCCCO.CCCCCC[C@@H](O)C/C=C\CCCCCCCC(=O)O. The summed E-state index contributed by atoms with van der Waals surface area (Å²) >= 11 is 0. The van der Waals surface area contributed by atoms with Crippen molar-refractivity contribution in [3.8, 4) is 0 Å². The number of carboxylic acids is 1. The summed E-state index contributed by atoms with van der Waals surface area (Å²) in [5.41, 5.74) is 0. The summed E-state index contributed by atoms with van der Waals surface area (Å²) in [7, 11) is 0. The summed E-state index contributed by atoms with van der Waals surface area (Å²) in [6, 6.07) is 0. The molecule has 34 heavy (non-hydrogen) atoms. The van der Waals surface area contributed by atoms with Crippen molar-refractivity contribution in [1.82, 2.24) is 0 Å². The van der Waals surface area contributed by atoms with Crippen molar-refractivity contribution in [3.63, 3.8) is 0 Å². The van der Waals surface area contributed by atoms with Crippen molar-refractivity contribution < 1.29 is 20.1 Å². The third-order valence-corrected chi connectivity index (χ3v) is 6.24. The molecular formula is C30H60O4. The highest BCUT2D eigenvalue weighted by Gasteiger charge is 2.00. The number of rotatable bonds is 25. The number of aliphatic hydroxyl groups is 2. The Morgan fingerprint density at radius 1 is 0.647 bits per heavy atom. The number of aliphatic carboxylic acids is 1. The van der Waals surface area contributed by atoms with E-state index in [0.717, 1.165) is 57.8 Å². The molecule has 0 saturated heterocycles. The molecule has 0 unspecified atom stereocenters. The van der Waals surface area contributed by atoms with E-state index in [4.69, 9.17) is 10.2 Å². The Bertz CT molecular complexity index is 399. The lowest BCUT2D eigenvalue weighted by molar-refractivity contribution is -0.137. The molecule has 0 aromatic heterocycles. The minimum Gasteiger partial charge on any atom is -0.481 e. The maximum Gasteiger partial charge on any atom is 0.303 e. The molecule has 0 aromatic rings. The van der Waals surface area contributed by atoms with Crippen LogP contribution in [-0.2, 0) is 4.79 Å². The van der Waals surface area contributed by atoms with Gasteiger partial charge in [-0.1, -0.05) is 129 Å². The van der Waals surface area contributed by atoms with Gasteiger partial charge in [0.15, 0.2) is 0 Å². The van der Waals surface area contributed by atoms with Crippen LogP contribution >= 0.6 is 0 Å². The standard InChI is InChI=1S/C18H34O3.C12H26O/c1-2-3-4-11-14-17(19)15-12-9-7-5-6-8-10-13-16-18(20)21;1-2-3-4-5-6-7-8-9-10-11-12-13/h9,12,17,19H,2-8,10-11,13-16H2,1H3,(H,20,21);13H,2-12H2,1H3/b12-9-;/t17-;/m1./s1. The second-order valence-corrected chi connectivity index (χ2v) is 9.82. The van der Waals surface area contributed by atoms with Crippen LogP contribution in [0.15, 0.2) is 12.2 Å². The van der Waals surface area contributed by atoms with Crippen LogP contribution in [0.1, 0.15) is 162 Å². The van der Waals surface area contributed by atoms with E-state index in [-0.39, 0.29) is 6.10 Å². The quantitative estimate of drug-likeness (QED) is 0.0892. The van der Waals surface area contributed by atoms with E-state index in [9.17, 15) is 9.90 Å². The smallest absolute Gasteiger partial charge is 0.303 e. The lowest BCUT2D eigenvalue weighted by Crippen LogP contribution is -2.04. The summed E-state index contributed by atoms with van der Waals surface area (Å²) in [5, 5.41) is 26.9. The number of hydrogen-bond donors (Lipinski definition) is 3. The fraction of sp³-hybridized carbons (Fsp3) is 0.900. The molecule has 1 atom stereocenters. The minimum absolute atomic E-state index is 0.172. The molecule has 204 valence electrons. The van der Waals surface area contributed by atoms with Gasteiger partial charge in [0.1, 0.15) is 0 Å². The molecule has 0 fully saturated rings. The van der Waals surface area contributed by atoms with Crippen LogP contribution in [0.2, 0.25) is 0 Å². The Labute approximate surface area is 212 Å². The van der Waals surface area contributed by atoms with E-state index < -0.39 is 5.97 Å². The van der Waals surface area contributed by atoms with Crippen molar-refractivity contribution in [2.24, 2.45) is 0 Å². The molecule has 0 aliphatic rings. The largest absolute Gasteiger partial charge is 0.481 e. The molecule has 0 spiro atoms. The molecule has 4 nitrogen and oxygen atoms in total. The van der Waals surface area contributed by atoms with Crippen LogP contribution < -0.4 is 0 Å². The van der Waals surface area contributed by atoms with Crippen molar-refractivity contribution >= 4 is 5.97 Å². The van der Waals surface area contributed by atoms with Gasteiger partial charge in [0.2, 0.25) is 0 Å². The molecule has 0 rings (SSSR count). The first-order chi connectivity index (χ1) is 16.6. The molecule has 0 amide bonds. The van der Waals surface area contributed by atoms with Crippen molar-refractivity contribution in [3.05, 3.63) is 12.2 Å². The van der Waals surface area contributed by atoms with Gasteiger partial charge in [-0.2, -0.15) is 0 Å². The number of carboxylic acid groups (broad SMARTS) is 1. The first-order valence-corrected chi connectivity index (χ1v) is 14.7. The summed E-state index contributed by atoms with van der Waals surface area (Å²) in [5.74, 6) is -0.689. The fourth-order valence-electron chi connectivity index (χ4n) is 3.96. The summed E-state index contributed by atoms with van der Waals surface area (Å²) in [6.07, 6.45) is 30.7. The second-order valence-electron chi connectivity index (χ2n) is 9.82. The second kappa shape index (κ2) is 32.1. The normalized spacial score (nSPS) is 12.0. The number of carbonyl (C=O) groups is 1. The molecule has 0 saturated carbocycles. The van der Waals surface area contributed by atoms with Gasteiger partial charge in [-0.3, -0.25) is 4.79 Å². The van der Waals surface area contributed by atoms with E-state index in [1.54, 1.807) is 0 Å². The van der Waals surface area contributed by atoms with Crippen LogP contribution in [0.5, 0.6) is 0 Å². The average molecular weight is 485 g/mol. The van der Waals surface area contributed by atoms with E-state index in [2.05, 4.69) is 26.0 Å². The molecular weight excluding hydrogens is 424 g/mol. The van der Waals surface area contributed by atoms with Gasteiger partial charge >= 0.3 is 5.97 Å². The van der Waals surface area contributed by atoms with E-state index in [1.807, 2.05) is 0 Å². The molecule has 0 aliphatic heterocycles. The monoisotopic (exact) mass is 484 g/mol. The maximum atomic E-state index is 10.3. The lowest BCUT2D eigenvalue weighted by Gasteiger charge is -2.07. The summed E-state index contributed by atoms with van der Waals surface area (Å²) in [6.45, 7) is 4.83. The summed E-state index contributed by atoms with van der Waals surface area (Å²) < 4.78 is 0. The summed E-state index contributed by atoms with van der Waals surface area (Å²) in [4.78, 5) is 10.3. The van der Waals surface area contributed by atoms with Crippen LogP contribution in [0.25, 0.3) is 0 Å². The fourth-order valence-corrected chi connectivity index (χ4v) is 3.96. The van der Waals surface area contributed by atoms with Gasteiger partial charge in [-0.05, 0) is 38.5 Å². The van der Waals surface area contributed by atoms with Crippen LogP contribution in [0.3, 0.4) is 0 Å². The maximum absolute atomic E-state index is 10.3. The number of unbranched alkanes of at least 4 members (excludes halogenated alkanes) is 17. The predicted octanol–water partition coefficient (Wildman–Crippen LogP) is 8.98. The first-order valence-electron chi connectivity index (χ1n) is 14.7. The zero-order valence-electron chi connectivity index (χ0n) is 23.0. The van der Waals surface area contributed by atoms with Gasteiger partial charge in [0.05, 0.1) is 6.10 Å². The minimum atomic E-state index is -0.689. The number of aliphatic hydroxyl groups excluding tert-OH is 2. The van der Waals surface area contributed by atoms with Crippen molar-refractivity contribution in [1.29, 1.82) is 0 Å². The van der Waals surface area contributed by atoms with E-state index in [1.165, 1.54) is 83.5 Å². The molecule has 0 heterocycles. The highest BCUT2D eigenvalue weighted by Crippen LogP contribution is 2.11. The lowest BCUT2D eigenvalue weighted by atomic mass is 10.1. The van der Waals surface area contributed by atoms with E-state index >= 15 is 0 Å². The van der Waals surface area contributed by atoms with Gasteiger partial charge < -0.3 is 15.3 Å². The highest BCUT2D eigenvalue weighted by atomic mass is 16.4. The molecule has 0 aliphatic carbocycles. The van der Waals surface area contributed by atoms with Gasteiger partial charge in [0, 0.05) is 13.0 Å². The van der Waals surface area contributed by atoms with Crippen LogP contribution in [0, 0.1) is 0 Å². The Kier molecular flexibility index (Phi) is 33.4. The molecule has 4 heteroatoms. The third kappa shape index (κ3) is 35.7. The Balaban J connectivity index is 0. The van der Waals surface area contributed by atoms with Gasteiger partial charge in [0.25, 0.3) is 0 Å². The van der Waals surface area contributed by atoms with Crippen LogP contribution in [-0.4, -0.2) is 34.0 Å².